The Morgan fingerprint density at radius 2 is 1.94 bits per heavy atom. The van der Waals surface area contributed by atoms with Crippen molar-refractivity contribution in [3.63, 3.8) is 0 Å². The Bertz CT molecular complexity index is 589. The molecule has 0 saturated carbocycles. The van der Waals surface area contributed by atoms with Gasteiger partial charge in [-0.15, -0.1) is 5.10 Å². The van der Waals surface area contributed by atoms with Crippen molar-refractivity contribution in [2.45, 2.75) is 32.2 Å². The van der Waals surface area contributed by atoms with E-state index in [1.165, 1.54) is 18.5 Å². The molecule has 0 atom stereocenters. The van der Waals surface area contributed by atoms with Crippen LogP contribution in [0, 0.1) is 11.3 Å². The van der Waals surface area contributed by atoms with E-state index >= 15 is 0 Å². The quantitative estimate of drug-likeness (QED) is 0.804. The predicted octanol–water partition coefficient (Wildman–Crippen LogP) is 2.08. The second-order valence-electron chi connectivity index (χ2n) is 4.66. The second-order valence-corrected chi connectivity index (χ2v) is 4.66. The van der Waals surface area contributed by atoms with Crippen LogP contribution in [0.4, 0.5) is 0 Å². The molecule has 0 N–H and O–H groups in total. The number of hydrogen-bond donors (Lipinski definition) is 0. The van der Waals surface area contributed by atoms with Gasteiger partial charge in [-0.25, -0.2) is 4.68 Å². The molecule has 3 rings (SSSR count). The third kappa shape index (κ3) is 2.00. The van der Waals surface area contributed by atoms with Crippen molar-refractivity contribution >= 4 is 0 Å². The number of nitriles is 1. The molecule has 0 bridgehead atoms. The molecule has 0 spiro atoms. The highest BCUT2D eigenvalue weighted by Gasteiger charge is 2.16. The standard InChI is InChI=1S/C14H14N4/c15-9-11-5-7-12(8-6-11)10-18-14-4-2-1-3-13(14)16-17-18/h5-8H,1-4,10H2. The monoisotopic (exact) mass is 238 g/mol. The minimum absolute atomic E-state index is 0.694. The largest absolute Gasteiger partial charge is 0.245 e. The molecule has 0 amide bonds. The summed E-state index contributed by atoms with van der Waals surface area (Å²) >= 11 is 0. The molecule has 1 aliphatic carbocycles. The number of hydrogen-bond acceptors (Lipinski definition) is 3. The van der Waals surface area contributed by atoms with E-state index in [4.69, 9.17) is 5.26 Å². The summed E-state index contributed by atoms with van der Waals surface area (Å²) in [5.41, 5.74) is 4.30. The maximum atomic E-state index is 8.77. The third-order valence-corrected chi connectivity index (χ3v) is 3.41. The van der Waals surface area contributed by atoms with Gasteiger partial charge in [-0.1, -0.05) is 17.3 Å². The number of rotatable bonds is 2. The van der Waals surface area contributed by atoms with Crippen LogP contribution in [-0.4, -0.2) is 15.0 Å². The summed E-state index contributed by atoms with van der Waals surface area (Å²) < 4.78 is 2.00. The van der Waals surface area contributed by atoms with Gasteiger partial charge in [0.1, 0.15) is 0 Å². The van der Waals surface area contributed by atoms with Crippen molar-refractivity contribution in [2.75, 3.05) is 0 Å². The summed E-state index contributed by atoms with van der Waals surface area (Å²) in [6.07, 6.45) is 4.59. The molecule has 90 valence electrons. The number of fused-ring (bicyclic) bond motifs is 1. The normalized spacial score (nSPS) is 13.9. The maximum Gasteiger partial charge on any atom is 0.0991 e. The van der Waals surface area contributed by atoms with Crippen molar-refractivity contribution in [1.29, 1.82) is 5.26 Å². The summed E-state index contributed by atoms with van der Waals surface area (Å²) in [4.78, 5) is 0. The lowest BCUT2D eigenvalue weighted by molar-refractivity contribution is 0.591. The van der Waals surface area contributed by atoms with Crippen molar-refractivity contribution in [3.8, 4) is 6.07 Å². The fourth-order valence-corrected chi connectivity index (χ4v) is 2.41. The van der Waals surface area contributed by atoms with E-state index < -0.39 is 0 Å². The molecule has 0 fully saturated rings. The fourth-order valence-electron chi connectivity index (χ4n) is 2.41. The SMILES string of the molecule is N#Cc1ccc(Cn2nnc3c2CCCC3)cc1. The Labute approximate surface area is 106 Å². The molecule has 4 heteroatoms. The van der Waals surface area contributed by atoms with Crippen LogP contribution in [0.3, 0.4) is 0 Å². The molecule has 18 heavy (non-hydrogen) atoms. The zero-order valence-electron chi connectivity index (χ0n) is 10.1. The molecular weight excluding hydrogens is 224 g/mol. The van der Waals surface area contributed by atoms with E-state index in [-0.39, 0.29) is 0 Å². The highest BCUT2D eigenvalue weighted by Crippen LogP contribution is 2.19. The molecular formula is C14H14N4. The smallest absolute Gasteiger partial charge is 0.0991 e. The summed E-state index contributed by atoms with van der Waals surface area (Å²) in [6, 6.07) is 9.78. The highest BCUT2D eigenvalue weighted by molar-refractivity contribution is 5.31. The lowest BCUT2D eigenvalue weighted by Crippen LogP contribution is -2.10. The first-order chi connectivity index (χ1) is 8.86. The van der Waals surface area contributed by atoms with Crippen molar-refractivity contribution in [3.05, 3.63) is 46.8 Å². The Hall–Kier alpha value is -2.15. The van der Waals surface area contributed by atoms with Gasteiger partial charge in [0.25, 0.3) is 0 Å². The van der Waals surface area contributed by atoms with Gasteiger partial charge in [-0.3, -0.25) is 0 Å². The van der Waals surface area contributed by atoms with E-state index in [9.17, 15) is 0 Å². The van der Waals surface area contributed by atoms with Gasteiger partial charge >= 0.3 is 0 Å². The Kier molecular flexibility index (Phi) is 2.81. The molecule has 0 radical (unpaired) electrons. The molecule has 0 saturated heterocycles. The minimum Gasteiger partial charge on any atom is -0.245 e. The average Bonchev–Trinajstić information content (AvgIpc) is 2.83. The van der Waals surface area contributed by atoms with Gasteiger partial charge in [0.2, 0.25) is 0 Å². The lowest BCUT2D eigenvalue weighted by Gasteiger charge is -2.12. The first kappa shape index (κ1) is 11.0. The molecule has 4 nitrogen and oxygen atoms in total. The van der Waals surface area contributed by atoms with Gasteiger partial charge in [0.05, 0.1) is 29.6 Å². The van der Waals surface area contributed by atoms with Crippen LogP contribution in [0.2, 0.25) is 0 Å². The topological polar surface area (TPSA) is 54.5 Å². The van der Waals surface area contributed by atoms with Crippen molar-refractivity contribution < 1.29 is 0 Å². The van der Waals surface area contributed by atoms with Crippen LogP contribution in [0.1, 0.15) is 35.4 Å². The Morgan fingerprint density at radius 1 is 1.17 bits per heavy atom. The number of aryl methyl sites for hydroxylation is 1. The Balaban J connectivity index is 1.83. The summed E-state index contributed by atoms with van der Waals surface area (Å²) in [5, 5.41) is 17.3. The van der Waals surface area contributed by atoms with Crippen LogP contribution >= 0.6 is 0 Å². The Morgan fingerprint density at radius 3 is 2.72 bits per heavy atom. The zero-order chi connectivity index (χ0) is 12.4. The second kappa shape index (κ2) is 4.61. The number of aromatic nitrogens is 3. The minimum atomic E-state index is 0.694. The first-order valence-electron chi connectivity index (χ1n) is 6.27. The van der Waals surface area contributed by atoms with E-state index in [1.807, 2.05) is 28.9 Å². The van der Waals surface area contributed by atoms with Crippen LogP contribution in [-0.2, 0) is 19.4 Å². The average molecular weight is 238 g/mol. The molecule has 1 aromatic heterocycles. The summed E-state index contributed by atoms with van der Waals surface area (Å²) in [5.74, 6) is 0. The van der Waals surface area contributed by atoms with Gasteiger partial charge < -0.3 is 0 Å². The van der Waals surface area contributed by atoms with Crippen LogP contribution in [0.25, 0.3) is 0 Å². The highest BCUT2D eigenvalue weighted by atomic mass is 15.4. The van der Waals surface area contributed by atoms with E-state index in [0.29, 0.717) is 5.56 Å². The molecule has 0 aliphatic heterocycles. The zero-order valence-corrected chi connectivity index (χ0v) is 10.1. The van der Waals surface area contributed by atoms with Gasteiger partial charge in [0.15, 0.2) is 0 Å². The van der Waals surface area contributed by atoms with Crippen molar-refractivity contribution in [1.82, 2.24) is 15.0 Å². The summed E-state index contributed by atoms with van der Waals surface area (Å²) in [7, 11) is 0. The molecule has 2 aromatic rings. The molecule has 1 aliphatic rings. The van der Waals surface area contributed by atoms with Gasteiger partial charge in [-0.05, 0) is 43.4 Å². The molecule has 1 heterocycles. The predicted molar refractivity (Wildman–Crippen MR) is 66.9 cm³/mol. The van der Waals surface area contributed by atoms with E-state index in [2.05, 4.69) is 16.4 Å². The van der Waals surface area contributed by atoms with Crippen LogP contribution in [0.15, 0.2) is 24.3 Å². The molecule has 0 unspecified atom stereocenters. The first-order valence-corrected chi connectivity index (χ1v) is 6.27. The van der Waals surface area contributed by atoms with E-state index in [0.717, 1.165) is 30.6 Å². The van der Waals surface area contributed by atoms with Crippen LogP contribution in [0.5, 0.6) is 0 Å². The maximum absolute atomic E-state index is 8.77. The van der Waals surface area contributed by atoms with Gasteiger partial charge in [0, 0.05) is 0 Å². The van der Waals surface area contributed by atoms with E-state index in [1.54, 1.807) is 0 Å². The number of nitrogens with zero attached hydrogens (tertiary/aromatic N) is 4. The number of benzene rings is 1. The van der Waals surface area contributed by atoms with Crippen LogP contribution < -0.4 is 0 Å². The molecule has 1 aromatic carbocycles. The fraction of sp³-hybridized carbons (Fsp3) is 0.357. The van der Waals surface area contributed by atoms with Gasteiger partial charge in [-0.2, -0.15) is 5.26 Å². The third-order valence-electron chi connectivity index (χ3n) is 3.41. The lowest BCUT2D eigenvalue weighted by atomic mass is 10.0. The summed E-state index contributed by atoms with van der Waals surface area (Å²) in [6.45, 7) is 0.744. The van der Waals surface area contributed by atoms with Crippen molar-refractivity contribution in [2.24, 2.45) is 0 Å².